The highest BCUT2D eigenvalue weighted by atomic mass is 16.5. The smallest absolute Gasteiger partial charge is 0.321 e. The normalized spacial score (nSPS) is 12.2. The number of carbonyl (C=O) groups is 3. The number of amides is 3. The molecule has 132 valence electrons. The molecule has 0 heterocycles. The molecule has 3 amide bonds. The number of nitrogens with one attached hydrogen (secondary N) is 2. The van der Waals surface area contributed by atoms with Gasteiger partial charge in [-0.1, -0.05) is 45.0 Å². The van der Waals surface area contributed by atoms with Gasteiger partial charge in [-0.15, -0.1) is 0 Å². The summed E-state index contributed by atoms with van der Waals surface area (Å²) in [5.41, 5.74) is 2.35. The van der Waals surface area contributed by atoms with Crippen LogP contribution in [0.3, 0.4) is 0 Å². The minimum atomic E-state index is -1.02. The van der Waals surface area contributed by atoms with Crippen molar-refractivity contribution in [2.24, 2.45) is 0 Å². The third-order valence-corrected chi connectivity index (χ3v) is 3.58. The van der Waals surface area contributed by atoms with Crippen LogP contribution >= 0.6 is 0 Å². The van der Waals surface area contributed by atoms with Crippen LogP contribution in [0.15, 0.2) is 24.3 Å². The Kier molecular flexibility index (Phi) is 6.95. The molecular formula is C18H26N2O4. The zero-order valence-electron chi connectivity index (χ0n) is 14.9. The second-order valence-corrected chi connectivity index (χ2v) is 6.65. The van der Waals surface area contributed by atoms with E-state index < -0.39 is 24.0 Å². The van der Waals surface area contributed by atoms with E-state index in [1.807, 2.05) is 12.1 Å². The predicted molar refractivity (Wildman–Crippen MR) is 91.6 cm³/mol. The number of rotatable bonds is 5. The van der Waals surface area contributed by atoms with E-state index in [1.54, 1.807) is 0 Å². The van der Waals surface area contributed by atoms with Gasteiger partial charge in [0.15, 0.2) is 6.10 Å². The first-order valence-electron chi connectivity index (χ1n) is 7.95. The molecule has 6 heteroatoms. The number of esters is 1. The van der Waals surface area contributed by atoms with E-state index >= 15 is 0 Å². The highest BCUT2D eigenvalue weighted by Crippen LogP contribution is 2.22. The predicted octanol–water partition coefficient (Wildman–Crippen LogP) is 2.30. The van der Waals surface area contributed by atoms with Gasteiger partial charge >= 0.3 is 12.0 Å². The maximum Gasteiger partial charge on any atom is 0.321 e. The average molecular weight is 334 g/mol. The van der Waals surface area contributed by atoms with Crippen LogP contribution in [0.25, 0.3) is 0 Å². The maximum absolute atomic E-state index is 11.8. The fourth-order valence-corrected chi connectivity index (χ4v) is 2.00. The molecule has 1 atom stereocenters. The molecule has 0 aliphatic rings. The molecular weight excluding hydrogens is 308 g/mol. The molecule has 2 N–H and O–H groups in total. The second-order valence-electron chi connectivity index (χ2n) is 6.65. The molecule has 24 heavy (non-hydrogen) atoms. The Morgan fingerprint density at radius 3 is 2.21 bits per heavy atom. The lowest BCUT2D eigenvalue weighted by Crippen LogP contribution is -2.43. The molecule has 6 nitrogen and oxygen atoms in total. The van der Waals surface area contributed by atoms with Gasteiger partial charge in [0, 0.05) is 13.5 Å². The van der Waals surface area contributed by atoms with Crippen molar-refractivity contribution >= 4 is 17.9 Å². The standard InChI is InChI=1S/C18H26N2O4/c1-12(16(22)20-17(23)19-5)24-15(21)11-8-13-6-9-14(10-7-13)18(2,3)4/h6-7,9-10,12H,8,11H2,1-5H3,(H2,19,20,22,23)/t12-/m0/s1. The molecule has 1 aromatic rings. The first kappa shape index (κ1) is 19.7. The molecule has 0 spiro atoms. The topological polar surface area (TPSA) is 84.5 Å². The van der Waals surface area contributed by atoms with Gasteiger partial charge in [0.2, 0.25) is 0 Å². The third-order valence-electron chi connectivity index (χ3n) is 3.58. The molecule has 0 aromatic heterocycles. The summed E-state index contributed by atoms with van der Waals surface area (Å²) >= 11 is 0. The summed E-state index contributed by atoms with van der Waals surface area (Å²) in [6.45, 7) is 7.86. The number of imide groups is 1. The Labute approximate surface area is 143 Å². The molecule has 0 saturated carbocycles. The summed E-state index contributed by atoms with van der Waals surface area (Å²) in [5, 5.41) is 4.32. The summed E-state index contributed by atoms with van der Waals surface area (Å²) in [5.74, 6) is -1.13. The van der Waals surface area contributed by atoms with Gasteiger partial charge in [-0.3, -0.25) is 14.9 Å². The van der Waals surface area contributed by atoms with Crippen LogP contribution in [0.1, 0.15) is 45.2 Å². The summed E-state index contributed by atoms with van der Waals surface area (Å²) in [6.07, 6.45) is -0.308. The lowest BCUT2D eigenvalue weighted by Gasteiger charge is -2.19. The first-order valence-corrected chi connectivity index (χ1v) is 7.95. The Hall–Kier alpha value is -2.37. The van der Waals surface area contributed by atoms with Crippen molar-refractivity contribution in [3.8, 4) is 0 Å². The van der Waals surface area contributed by atoms with Crippen molar-refractivity contribution in [1.29, 1.82) is 0 Å². The Morgan fingerprint density at radius 2 is 1.71 bits per heavy atom. The van der Waals surface area contributed by atoms with Crippen molar-refractivity contribution in [3.63, 3.8) is 0 Å². The summed E-state index contributed by atoms with van der Waals surface area (Å²) in [4.78, 5) is 34.5. The van der Waals surface area contributed by atoms with E-state index in [9.17, 15) is 14.4 Å². The van der Waals surface area contributed by atoms with Gasteiger partial charge in [0.1, 0.15) is 0 Å². The van der Waals surface area contributed by atoms with Crippen molar-refractivity contribution in [3.05, 3.63) is 35.4 Å². The van der Waals surface area contributed by atoms with E-state index in [1.165, 1.54) is 19.5 Å². The van der Waals surface area contributed by atoms with Crippen LogP contribution in [0, 0.1) is 0 Å². The number of urea groups is 1. The summed E-state index contributed by atoms with van der Waals surface area (Å²) < 4.78 is 5.03. The fraction of sp³-hybridized carbons (Fsp3) is 0.500. The number of benzene rings is 1. The zero-order chi connectivity index (χ0) is 18.3. The lowest BCUT2D eigenvalue weighted by atomic mass is 9.86. The van der Waals surface area contributed by atoms with Crippen LogP contribution in [0.5, 0.6) is 0 Å². The van der Waals surface area contributed by atoms with Gasteiger partial charge in [-0.2, -0.15) is 0 Å². The SMILES string of the molecule is CNC(=O)NC(=O)[C@H](C)OC(=O)CCc1ccc(C(C)(C)C)cc1. The molecule has 0 aliphatic carbocycles. The van der Waals surface area contributed by atoms with Crippen molar-refractivity contribution in [1.82, 2.24) is 10.6 Å². The number of aryl methyl sites for hydroxylation is 1. The first-order chi connectivity index (χ1) is 11.1. The Morgan fingerprint density at radius 1 is 1.12 bits per heavy atom. The quantitative estimate of drug-likeness (QED) is 0.809. The Balaban J connectivity index is 2.46. The van der Waals surface area contributed by atoms with E-state index in [2.05, 4.69) is 43.5 Å². The van der Waals surface area contributed by atoms with Gasteiger partial charge in [-0.05, 0) is 29.9 Å². The van der Waals surface area contributed by atoms with Crippen molar-refractivity contribution < 1.29 is 19.1 Å². The number of carbonyl (C=O) groups excluding carboxylic acids is 3. The molecule has 0 aliphatic heterocycles. The average Bonchev–Trinajstić information content (AvgIpc) is 2.52. The molecule has 0 radical (unpaired) electrons. The van der Waals surface area contributed by atoms with Crippen LogP contribution < -0.4 is 10.6 Å². The maximum atomic E-state index is 11.8. The van der Waals surface area contributed by atoms with Crippen LogP contribution in [-0.2, 0) is 26.2 Å². The molecule has 1 aromatic carbocycles. The molecule has 0 fully saturated rings. The van der Waals surface area contributed by atoms with Gasteiger partial charge in [0.25, 0.3) is 5.91 Å². The summed E-state index contributed by atoms with van der Waals surface area (Å²) in [7, 11) is 1.39. The van der Waals surface area contributed by atoms with Gasteiger partial charge < -0.3 is 10.1 Å². The van der Waals surface area contributed by atoms with Crippen LogP contribution in [0.4, 0.5) is 4.79 Å². The highest BCUT2D eigenvalue weighted by molar-refractivity contribution is 5.96. The number of ether oxygens (including phenoxy) is 1. The monoisotopic (exact) mass is 334 g/mol. The fourth-order valence-electron chi connectivity index (χ4n) is 2.00. The minimum Gasteiger partial charge on any atom is -0.453 e. The largest absolute Gasteiger partial charge is 0.453 e. The highest BCUT2D eigenvalue weighted by Gasteiger charge is 2.19. The van der Waals surface area contributed by atoms with E-state index in [4.69, 9.17) is 4.74 Å². The van der Waals surface area contributed by atoms with Crippen LogP contribution in [-0.4, -0.2) is 31.1 Å². The minimum absolute atomic E-state index is 0.0883. The van der Waals surface area contributed by atoms with Gasteiger partial charge in [-0.25, -0.2) is 4.79 Å². The van der Waals surface area contributed by atoms with Gasteiger partial charge in [0.05, 0.1) is 0 Å². The molecule has 0 bridgehead atoms. The number of hydrogen-bond acceptors (Lipinski definition) is 4. The van der Waals surface area contributed by atoms with E-state index in [0.29, 0.717) is 6.42 Å². The zero-order valence-corrected chi connectivity index (χ0v) is 14.9. The van der Waals surface area contributed by atoms with Crippen molar-refractivity contribution in [2.75, 3.05) is 7.05 Å². The number of hydrogen-bond donors (Lipinski definition) is 2. The summed E-state index contributed by atoms with van der Waals surface area (Å²) in [6, 6.07) is 7.47. The Bertz CT molecular complexity index is 588. The second kappa shape index (κ2) is 8.47. The van der Waals surface area contributed by atoms with Crippen molar-refractivity contribution in [2.45, 2.75) is 52.1 Å². The lowest BCUT2D eigenvalue weighted by molar-refractivity contribution is -0.154. The van der Waals surface area contributed by atoms with E-state index in [0.717, 1.165) is 5.56 Å². The molecule has 0 unspecified atom stereocenters. The van der Waals surface area contributed by atoms with E-state index in [-0.39, 0.29) is 11.8 Å². The van der Waals surface area contributed by atoms with Crippen LogP contribution in [0.2, 0.25) is 0 Å². The molecule has 1 rings (SSSR count). The molecule has 0 saturated heterocycles. The third kappa shape index (κ3) is 6.40.